The smallest absolute Gasteiger partial charge is 0.313 e. The van der Waals surface area contributed by atoms with E-state index in [4.69, 9.17) is 4.74 Å². The van der Waals surface area contributed by atoms with E-state index in [0.717, 1.165) is 17.0 Å². The van der Waals surface area contributed by atoms with E-state index in [2.05, 4.69) is 20.7 Å². The molecule has 2 aromatic heterocycles. The van der Waals surface area contributed by atoms with Crippen LogP contribution in [0.1, 0.15) is 17.0 Å². The van der Waals surface area contributed by atoms with Crippen molar-refractivity contribution < 1.29 is 14.3 Å². The Hall–Kier alpha value is -2.90. The summed E-state index contributed by atoms with van der Waals surface area (Å²) in [5, 5.41) is 9.32. The number of carbonyl (C=O) groups excluding carboxylic acids is 2. The monoisotopic (exact) mass is 317 g/mol. The van der Waals surface area contributed by atoms with Crippen LogP contribution in [0.5, 0.6) is 5.88 Å². The van der Waals surface area contributed by atoms with Crippen LogP contribution in [-0.2, 0) is 23.2 Å². The first-order valence-electron chi connectivity index (χ1n) is 7.00. The summed E-state index contributed by atoms with van der Waals surface area (Å²) in [7, 11) is 3.33. The van der Waals surface area contributed by atoms with Gasteiger partial charge in [0.2, 0.25) is 5.88 Å². The van der Waals surface area contributed by atoms with Crippen LogP contribution in [0.3, 0.4) is 0 Å². The summed E-state index contributed by atoms with van der Waals surface area (Å²) in [6.07, 6.45) is 1.42. The van der Waals surface area contributed by atoms with Gasteiger partial charge in [-0.05, 0) is 19.9 Å². The zero-order chi connectivity index (χ0) is 17.0. The van der Waals surface area contributed by atoms with Gasteiger partial charge in [0.1, 0.15) is 0 Å². The summed E-state index contributed by atoms with van der Waals surface area (Å²) >= 11 is 0. The van der Waals surface area contributed by atoms with Crippen molar-refractivity contribution in [2.45, 2.75) is 20.4 Å². The predicted octanol–water partition coefficient (Wildman–Crippen LogP) is 0.695. The molecule has 0 radical (unpaired) electrons. The van der Waals surface area contributed by atoms with Gasteiger partial charge in [-0.25, -0.2) is 4.98 Å². The topological polar surface area (TPSA) is 98.1 Å². The minimum absolute atomic E-state index is 0.249. The van der Waals surface area contributed by atoms with Crippen molar-refractivity contribution in [1.29, 1.82) is 0 Å². The molecule has 0 aliphatic heterocycles. The summed E-state index contributed by atoms with van der Waals surface area (Å²) in [5.41, 5.74) is 3.09. The van der Waals surface area contributed by atoms with E-state index in [0.29, 0.717) is 11.6 Å². The van der Waals surface area contributed by atoms with Crippen LogP contribution in [0, 0.1) is 13.8 Å². The Kier molecular flexibility index (Phi) is 4.95. The number of nitrogens with one attached hydrogen (secondary N) is 2. The molecule has 2 amide bonds. The summed E-state index contributed by atoms with van der Waals surface area (Å²) in [6.45, 7) is 4.01. The van der Waals surface area contributed by atoms with Crippen molar-refractivity contribution in [3.63, 3.8) is 0 Å². The van der Waals surface area contributed by atoms with Crippen molar-refractivity contribution in [2.75, 3.05) is 12.4 Å². The third kappa shape index (κ3) is 3.85. The number of aryl methyl sites for hydroxylation is 2. The van der Waals surface area contributed by atoms with Gasteiger partial charge < -0.3 is 15.4 Å². The molecule has 0 unspecified atom stereocenters. The fraction of sp³-hybridized carbons (Fsp3) is 0.333. The van der Waals surface area contributed by atoms with E-state index in [1.165, 1.54) is 13.3 Å². The van der Waals surface area contributed by atoms with Crippen LogP contribution in [-0.4, -0.2) is 33.7 Å². The molecule has 0 atom stereocenters. The van der Waals surface area contributed by atoms with Gasteiger partial charge in [-0.2, -0.15) is 5.10 Å². The van der Waals surface area contributed by atoms with Crippen LogP contribution in [0.2, 0.25) is 0 Å². The van der Waals surface area contributed by atoms with Crippen LogP contribution >= 0.6 is 0 Å². The highest BCUT2D eigenvalue weighted by molar-refractivity contribution is 6.39. The number of nitrogens with zero attached hydrogens (tertiary/aromatic N) is 3. The van der Waals surface area contributed by atoms with Crippen molar-refractivity contribution in [3.05, 3.63) is 35.3 Å². The molecule has 0 bridgehead atoms. The zero-order valence-corrected chi connectivity index (χ0v) is 13.5. The fourth-order valence-electron chi connectivity index (χ4n) is 2.09. The van der Waals surface area contributed by atoms with Gasteiger partial charge in [-0.1, -0.05) is 0 Å². The molecule has 8 nitrogen and oxygen atoms in total. The summed E-state index contributed by atoms with van der Waals surface area (Å²) < 4.78 is 6.66. The third-order valence-electron chi connectivity index (χ3n) is 3.49. The molecular weight excluding hydrogens is 298 g/mol. The van der Waals surface area contributed by atoms with Gasteiger partial charge in [0, 0.05) is 30.9 Å². The maximum absolute atomic E-state index is 11.9. The number of carbonyl (C=O) groups is 2. The predicted molar refractivity (Wildman–Crippen MR) is 83.9 cm³/mol. The van der Waals surface area contributed by atoms with E-state index in [1.807, 2.05) is 20.9 Å². The first kappa shape index (κ1) is 16.5. The number of rotatable bonds is 4. The second-order valence-corrected chi connectivity index (χ2v) is 5.00. The van der Waals surface area contributed by atoms with Crippen molar-refractivity contribution >= 4 is 17.5 Å². The Labute approximate surface area is 133 Å². The standard InChI is InChI=1S/C15H19N5O3/c1-9-12(10(2)20(3)19-9)8-17-14(21)15(22)18-11-5-6-13(23-4)16-7-11/h5-7H,8H2,1-4H3,(H,17,21)(H,18,22). The number of hydrogen-bond donors (Lipinski definition) is 2. The quantitative estimate of drug-likeness (QED) is 0.809. The van der Waals surface area contributed by atoms with Gasteiger partial charge in [0.15, 0.2) is 0 Å². The summed E-state index contributed by atoms with van der Waals surface area (Å²) in [5.74, 6) is -1.05. The number of hydrogen-bond acceptors (Lipinski definition) is 5. The summed E-state index contributed by atoms with van der Waals surface area (Å²) in [6, 6.07) is 3.20. The highest BCUT2D eigenvalue weighted by atomic mass is 16.5. The highest BCUT2D eigenvalue weighted by Crippen LogP contribution is 2.12. The lowest BCUT2D eigenvalue weighted by Gasteiger charge is -2.07. The largest absolute Gasteiger partial charge is 0.481 e. The van der Waals surface area contributed by atoms with Gasteiger partial charge >= 0.3 is 11.8 Å². The van der Waals surface area contributed by atoms with Gasteiger partial charge in [0.05, 0.1) is 24.7 Å². The second-order valence-electron chi connectivity index (χ2n) is 5.00. The minimum Gasteiger partial charge on any atom is -0.481 e. The first-order valence-corrected chi connectivity index (χ1v) is 7.00. The number of methoxy groups -OCH3 is 1. The Morgan fingerprint density at radius 1 is 1.26 bits per heavy atom. The minimum atomic E-state index is -0.754. The Morgan fingerprint density at radius 2 is 2.00 bits per heavy atom. The molecule has 2 rings (SSSR count). The van der Waals surface area contributed by atoms with Crippen LogP contribution in [0.15, 0.2) is 18.3 Å². The van der Waals surface area contributed by atoms with E-state index in [9.17, 15) is 9.59 Å². The maximum atomic E-state index is 11.9. The molecule has 2 heterocycles. The van der Waals surface area contributed by atoms with Gasteiger partial charge in [-0.15, -0.1) is 0 Å². The second kappa shape index (κ2) is 6.91. The molecule has 23 heavy (non-hydrogen) atoms. The number of aromatic nitrogens is 3. The third-order valence-corrected chi connectivity index (χ3v) is 3.49. The molecule has 0 aliphatic carbocycles. The maximum Gasteiger partial charge on any atom is 0.313 e. The summed E-state index contributed by atoms with van der Waals surface area (Å²) in [4.78, 5) is 27.7. The Bertz CT molecular complexity index is 721. The van der Waals surface area contributed by atoms with Gasteiger partial charge in [0.25, 0.3) is 0 Å². The van der Waals surface area contributed by atoms with Crippen molar-refractivity contribution in [1.82, 2.24) is 20.1 Å². The van der Waals surface area contributed by atoms with Crippen LogP contribution < -0.4 is 15.4 Å². The fourth-order valence-corrected chi connectivity index (χ4v) is 2.09. The first-order chi connectivity index (χ1) is 10.9. The molecule has 2 N–H and O–H groups in total. The molecule has 0 aliphatic rings. The number of anilines is 1. The van der Waals surface area contributed by atoms with E-state index in [-0.39, 0.29) is 6.54 Å². The molecule has 0 saturated heterocycles. The average Bonchev–Trinajstić information content (AvgIpc) is 2.78. The SMILES string of the molecule is COc1ccc(NC(=O)C(=O)NCc2c(C)nn(C)c2C)cn1. The number of pyridine rings is 1. The number of amides is 2. The molecule has 0 aromatic carbocycles. The Balaban J connectivity index is 1.93. The van der Waals surface area contributed by atoms with Gasteiger partial charge in [-0.3, -0.25) is 14.3 Å². The molecular formula is C15H19N5O3. The molecule has 2 aromatic rings. The molecule has 0 fully saturated rings. The van der Waals surface area contributed by atoms with Crippen LogP contribution in [0.25, 0.3) is 0 Å². The van der Waals surface area contributed by atoms with Crippen molar-refractivity contribution in [3.8, 4) is 5.88 Å². The lowest BCUT2D eigenvalue weighted by atomic mass is 10.2. The van der Waals surface area contributed by atoms with Crippen LogP contribution in [0.4, 0.5) is 5.69 Å². The lowest BCUT2D eigenvalue weighted by molar-refractivity contribution is -0.136. The lowest BCUT2D eigenvalue weighted by Crippen LogP contribution is -2.35. The Morgan fingerprint density at radius 3 is 2.52 bits per heavy atom. The molecule has 0 saturated carbocycles. The molecule has 8 heteroatoms. The zero-order valence-electron chi connectivity index (χ0n) is 13.5. The van der Waals surface area contributed by atoms with E-state index >= 15 is 0 Å². The highest BCUT2D eigenvalue weighted by Gasteiger charge is 2.16. The van der Waals surface area contributed by atoms with E-state index in [1.54, 1.807) is 16.8 Å². The normalized spacial score (nSPS) is 10.3. The van der Waals surface area contributed by atoms with Crippen molar-refractivity contribution in [2.24, 2.45) is 7.05 Å². The average molecular weight is 317 g/mol. The molecule has 122 valence electrons. The van der Waals surface area contributed by atoms with E-state index < -0.39 is 11.8 Å². The number of ether oxygens (including phenoxy) is 1. The molecule has 0 spiro atoms.